The molecule has 2 unspecified atom stereocenters. The molecule has 7 nitrogen and oxygen atoms in total. The summed E-state index contributed by atoms with van der Waals surface area (Å²) in [7, 11) is 0. The van der Waals surface area contributed by atoms with Crippen molar-refractivity contribution >= 4 is 11.9 Å². The minimum atomic E-state index is -4.70. The van der Waals surface area contributed by atoms with E-state index in [1.165, 1.54) is 4.90 Å². The number of hydrogen-bond donors (Lipinski definition) is 2. The Balaban J connectivity index is 1.28. The molecule has 3 aliphatic rings. The van der Waals surface area contributed by atoms with Gasteiger partial charge in [0.25, 0.3) is 0 Å². The molecule has 1 aromatic rings. The first kappa shape index (κ1) is 24.6. The van der Waals surface area contributed by atoms with Crippen LogP contribution < -0.4 is 10.6 Å². The van der Waals surface area contributed by atoms with Crippen molar-refractivity contribution in [1.82, 2.24) is 20.4 Å². The van der Waals surface area contributed by atoms with Crippen LogP contribution in [0.2, 0.25) is 0 Å². The van der Waals surface area contributed by atoms with Crippen LogP contribution in [0.5, 0.6) is 0 Å². The summed E-state index contributed by atoms with van der Waals surface area (Å²) in [5, 5.41) is 5.20. The van der Waals surface area contributed by atoms with Gasteiger partial charge in [0.15, 0.2) is 0 Å². The topological polar surface area (TPSA) is 73.9 Å². The maximum absolute atomic E-state index is 13.5. The first-order valence-corrected chi connectivity index (χ1v) is 10.8. The number of rotatable bonds is 4. The Morgan fingerprint density at radius 2 is 1.76 bits per heavy atom. The fraction of sp³-hybridized carbons (Fsp3) is 0.619. The van der Waals surface area contributed by atoms with E-state index >= 15 is 0 Å². The summed E-state index contributed by atoms with van der Waals surface area (Å²) in [5.41, 5.74) is -1.33. The van der Waals surface area contributed by atoms with E-state index in [0.717, 1.165) is 12.1 Å². The van der Waals surface area contributed by atoms with Crippen LogP contribution in [-0.2, 0) is 15.7 Å². The minimum absolute atomic E-state index is 0.00130. The van der Waals surface area contributed by atoms with E-state index in [1.807, 2.05) is 0 Å². The van der Waals surface area contributed by atoms with Crippen molar-refractivity contribution in [3.63, 3.8) is 0 Å². The smallest absolute Gasteiger partial charge is 0.366 e. The average molecular weight is 494 g/mol. The molecule has 3 amide bonds. The van der Waals surface area contributed by atoms with E-state index in [1.54, 1.807) is 4.90 Å². The maximum atomic E-state index is 13.5. The zero-order valence-corrected chi connectivity index (χ0v) is 18.0. The molecule has 0 aliphatic carbocycles. The van der Waals surface area contributed by atoms with E-state index in [4.69, 9.17) is 4.74 Å². The molecule has 1 aromatic carbocycles. The van der Waals surface area contributed by atoms with Gasteiger partial charge in [-0.3, -0.25) is 4.79 Å². The number of carbonyl (C=O) groups is 2. The fourth-order valence-electron chi connectivity index (χ4n) is 4.50. The number of halogens is 6. The molecule has 0 aromatic heterocycles. The number of benzene rings is 1. The van der Waals surface area contributed by atoms with Crippen molar-refractivity contribution in [2.45, 2.75) is 37.0 Å². The van der Waals surface area contributed by atoms with Crippen molar-refractivity contribution in [1.29, 1.82) is 0 Å². The third kappa shape index (κ3) is 5.40. The number of fused-ring (bicyclic) bond motifs is 1. The van der Waals surface area contributed by atoms with Gasteiger partial charge in [-0.2, -0.15) is 26.3 Å². The van der Waals surface area contributed by atoms with Gasteiger partial charge >= 0.3 is 18.4 Å². The number of piperidine rings is 1. The number of morpholine rings is 1. The summed E-state index contributed by atoms with van der Waals surface area (Å²) in [6.07, 6.45) is -8.89. The molecule has 4 rings (SSSR count). The Bertz CT molecular complexity index is 901. The summed E-state index contributed by atoms with van der Waals surface area (Å²) in [4.78, 5) is 27.4. The molecule has 3 saturated heterocycles. The van der Waals surface area contributed by atoms with E-state index in [2.05, 4.69) is 10.6 Å². The van der Waals surface area contributed by atoms with Gasteiger partial charge in [-0.25, -0.2) is 4.79 Å². The van der Waals surface area contributed by atoms with E-state index in [0.29, 0.717) is 31.6 Å². The van der Waals surface area contributed by atoms with Crippen molar-refractivity contribution in [2.75, 3.05) is 39.3 Å². The Labute approximate surface area is 191 Å². The first-order chi connectivity index (χ1) is 15.9. The van der Waals surface area contributed by atoms with Crippen molar-refractivity contribution < 1.29 is 40.7 Å². The van der Waals surface area contributed by atoms with Gasteiger partial charge in [0.2, 0.25) is 5.91 Å². The second-order valence-corrected chi connectivity index (χ2v) is 8.81. The molecule has 34 heavy (non-hydrogen) atoms. The van der Waals surface area contributed by atoms with Crippen molar-refractivity contribution in [2.24, 2.45) is 5.92 Å². The highest BCUT2D eigenvalue weighted by Gasteiger charge is 2.43. The molecular weight excluding hydrogens is 470 g/mol. The van der Waals surface area contributed by atoms with Crippen LogP contribution in [0.4, 0.5) is 31.1 Å². The van der Waals surface area contributed by atoms with Crippen LogP contribution in [0.3, 0.4) is 0 Å². The SMILES string of the molecule is O=C1COC2CCN(C(=O)N3CC(CNC(c4ccc(C(F)(F)F)cc4)C(F)(F)F)C3)C[C@H]2N1. The van der Waals surface area contributed by atoms with Gasteiger partial charge in [-0.1, -0.05) is 12.1 Å². The largest absolute Gasteiger partial charge is 0.416 e. The molecule has 3 heterocycles. The molecule has 3 atom stereocenters. The number of hydrogen-bond acceptors (Lipinski definition) is 4. The lowest BCUT2D eigenvalue weighted by Gasteiger charge is -2.46. The molecule has 0 radical (unpaired) electrons. The predicted molar refractivity (Wildman–Crippen MR) is 107 cm³/mol. The second-order valence-electron chi connectivity index (χ2n) is 8.81. The number of alkyl halides is 6. The summed E-state index contributed by atoms with van der Waals surface area (Å²) >= 11 is 0. The number of nitrogens with zero attached hydrogens (tertiary/aromatic N) is 2. The van der Waals surface area contributed by atoms with Gasteiger partial charge in [-0.15, -0.1) is 0 Å². The number of nitrogens with one attached hydrogen (secondary N) is 2. The summed E-state index contributed by atoms with van der Waals surface area (Å²) in [6.45, 7) is 1.23. The highest BCUT2D eigenvalue weighted by atomic mass is 19.4. The van der Waals surface area contributed by atoms with Crippen LogP contribution in [0.25, 0.3) is 0 Å². The normalized spacial score (nSPS) is 24.8. The summed E-state index contributed by atoms with van der Waals surface area (Å²) < 4.78 is 84.1. The number of ether oxygens (including phenoxy) is 1. The van der Waals surface area contributed by atoms with E-state index in [9.17, 15) is 35.9 Å². The molecule has 3 aliphatic heterocycles. The quantitative estimate of drug-likeness (QED) is 0.632. The Morgan fingerprint density at radius 1 is 1.09 bits per heavy atom. The van der Waals surface area contributed by atoms with Crippen LogP contribution in [-0.4, -0.2) is 79.4 Å². The zero-order valence-electron chi connectivity index (χ0n) is 18.0. The Morgan fingerprint density at radius 3 is 2.38 bits per heavy atom. The zero-order chi connectivity index (χ0) is 24.7. The second kappa shape index (κ2) is 9.25. The van der Waals surface area contributed by atoms with Crippen LogP contribution in [0.15, 0.2) is 24.3 Å². The monoisotopic (exact) mass is 494 g/mol. The number of amides is 3. The van der Waals surface area contributed by atoms with Crippen LogP contribution in [0.1, 0.15) is 23.6 Å². The third-order valence-corrected chi connectivity index (χ3v) is 6.33. The van der Waals surface area contributed by atoms with Gasteiger partial charge in [0.1, 0.15) is 12.6 Å². The lowest BCUT2D eigenvalue weighted by Crippen LogP contribution is -2.64. The molecule has 13 heteroatoms. The van der Waals surface area contributed by atoms with Gasteiger partial charge in [0, 0.05) is 38.6 Å². The summed E-state index contributed by atoms with van der Waals surface area (Å²) in [6, 6.07) is 0.251. The van der Waals surface area contributed by atoms with Gasteiger partial charge < -0.3 is 25.2 Å². The number of urea groups is 1. The molecule has 3 fully saturated rings. The number of likely N-dealkylation sites (tertiary alicyclic amines) is 2. The average Bonchev–Trinajstić information content (AvgIpc) is 2.73. The molecular formula is C21H24F6N4O3. The Kier molecular flexibility index (Phi) is 6.69. The third-order valence-electron chi connectivity index (χ3n) is 6.33. The fourth-order valence-corrected chi connectivity index (χ4v) is 4.50. The van der Waals surface area contributed by atoms with E-state index in [-0.39, 0.29) is 61.8 Å². The molecule has 2 N–H and O–H groups in total. The summed E-state index contributed by atoms with van der Waals surface area (Å²) in [5.74, 6) is -0.462. The molecule has 0 bridgehead atoms. The van der Waals surface area contributed by atoms with Crippen molar-refractivity contribution in [3.05, 3.63) is 35.4 Å². The molecule has 0 spiro atoms. The standard InChI is InChI=1S/C21H24F6N4O3/c22-20(23,24)14-3-1-13(2-4-14)18(21(25,26)27)28-7-12-8-31(9-12)19(33)30-6-5-16-15(10-30)29-17(32)11-34-16/h1-4,12,15-16,18,28H,5-11H2,(H,29,32)/t15-,16?,18?/m1/s1. The molecule has 0 saturated carbocycles. The minimum Gasteiger partial charge on any atom is -0.366 e. The highest BCUT2D eigenvalue weighted by molar-refractivity contribution is 5.79. The lowest BCUT2D eigenvalue weighted by molar-refractivity contribution is -0.158. The highest BCUT2D eigenvalue weighted by Crippen LogP contribution is 2.35. The van der Waals surface area contributed by atoms with Crippen LogP contribution >= 0.6 is 0 Å². The predicted octanol–water partition coefficient (Wildman–Crippen LogP) is 2.54. The molecule has 188 valence electrons. The number of carbonyl (C=O) groups excluding carboxylic acids is 2. The first-order valence-electron chi connectivity index (χ1n) is 10.8. The van der Waals surface area contributed by atoms with Crippen molar-refractivity contribution in [3.8, 4) is 0 Å². The van der Waals surface area contributed by atoms with E-state index < -0.39 is 24.0 Å². The van der Waals surface area contributed by atoms with Gasteiger partial charge in [0.05, 0.1) is 17.7 Å². The lowest BCUT2D eigenvalue weighted by atomic mass is 9.97. The van der Waals surface area contributed by atoms with Crippen LogP contribution in [0, 0.1) is 5.92 Å². The Hall–Kier alpha value is -2.54. The van der Waals surface area contributed by atoms with Gasteiger partial charge in [-0.05, 0) is 24.1 Å². The maximum Gasteiger partial charge on any atom is 0.416 e.